The third-order valence-corrected chi connectivity index (χ3v) is 9.14. The molecule has 2 fully saturated rings. The number of amides is 1. The molecule has 0 saturated carbocycles. The molecule has 13 heteroatoms. The molecule has 1 spiro atoms. The zero-order valence-corrected chi connectivity index (χ0v) is 23.7. The molecule has 0 radical (unpaired) electrons. The van der Waals surface area contributed by atoms with Gasteiger partial charge >= 0.3 is 0 Å². The molecular formula is C28H27ClN6O5S. The number of hydrogen-bond donors (Lipinski definition) is 3. The minimum atomic E-state index is -0.858. The fourth-order valence-corrected chi connectivity index (χ4v) is 6.63. The van der Waals surface area contributed by atoms with Gasteiger partial charge in [0.1, 0.15) is 5.65 Å². The van der Waals surface area contributed by atoms with E-state index in [-0.39, 0.29) is 33.4 Å². The van der Waals surface area contributed by atoms with Crippen LogP contribution in [0.4, 0.5) is 11.5 Å². The molecule has 11 nitrogen and oxygen atoms in total. The van der Waals surface area contributed by atoms with E-state index in [0.29, 0.717) is 15.7 Å². The number of ether oxygens (including phenoxy) is 1. The molecule has 0 aliphatic carbocycles. The number of aromatic hydroxyl groups is 1. The van der Waals surface area contributed by atoms with Crippen molar-refractivity contribution in [2.75, 3.05) is 29.9 Å². The highest BCUT2D eigenvalue weighted by Gasteiger charge is 2.41. The first-order valence-electron chi connectivity index (χ1n) is 13.2. The highest BCUT2D eigenvalue weighted by atomic mass is 35.5. The van der Waals surface area contributed by atoms with Crippen molar-refractivity contribution in [3.05, 3.63) is 80.1 Å². The number of nitrogens with one attached hydrogen (secondary N) is 2. The fourth-order valence-electron chi connectivity index (χ4n) is 5.51. The Hall–Kier alpha value is -3.87. The van der Waals surface area contributed by atoms with Crippen LogP contribution in [0.2, 0.25) is 5.02 Å². The van der Waals surface area contributed by atoms with Crippen LogP contribution in [0, 0.1) is 5.41 Å². The second-order valence-corrected chi connectivity index (χ2v) is 11.9. The van der Waals surface area contributed by atoms with Crippen molar-refractivity contribution in [3.63, 3.8) is 0 Å². The molecule has 2 aliphatic heterocycles. The number of halogens is 1. The van der Waals surface area contributed by atoms with E-state index in [0.717, 1.165) is 39.0 Å². The molecule has 0 unspecified atom stereocenters. The Kier molecular flexibility index (Phi) is 7.22. The average Bonchev–Trinajstić information content (AvgIpc) is 3.31. The summed E-state index contributed by atoms with van der Waals surface area (Å²) in [5.74, 6) is -1.15. The van der Waals surface area contributed by atoms with Gasteiger partial charge in [0.05, 0.1) is 34.6 Å². The number of piperidine rings is 1. The van der Waals surface area contributed by atoms with Crippen molar-refractivity contribution < 1.29 is 14.6 Å². The zero-order chi connectivity index (χ0) is 28.7. The van der Waals surface area contributed by atoms with Gasteiger partial charge in [-0.25, -0.2) is 4.98 Å². The van der Waals surface area contributed by atoms with E-state index in [2.05, 4.69) is 27.2 Å². The summed E-state index contributed by atoms with van der Waals surface area (Å²) in [7, 11) is 0. The number of carbonyl (C=O) groups is 1. The normalized spacial score (nSPS) is 18.2. The van der Waals surface area contributed by atoms with E-state index in [1.165, 1.54) is 22.4 Å². The van der Waals surface area contributed by atoms with Crippen LogP contribution in [-0.4, -0.2) is 56.2 Å². The molecule has 1 amide bonds. The lowest BCUT2D eigenvalue weighted by Gasteiger charge is -2.38. The summed E-state index contributed by atoms with van der Waals surface area (Å²) in [4.78, 5) is 52.6. The molecule has 41 heavy (non-hydrogen) atoms. The number of H-pyrrole nitrogens is 1. The molecule has 1 aromatic carbocycles. The largest absolute Gasteiger partial charge is 0.493 e. The highest BCUT2D eigenvalue weighted by Crippen LogP contribution is 2.42. The maximum absolute atomic E-state index is 13.0. The lowest BCUT2D eigenvalue weighted by Crippen LogP contribution is -2.43. The van der Waals surface area contributed by atoms with Crippen molar-refractivity contribution >= 4 is 46.4 Å². The number of pyridine rings is 1. The first kappa shape index (κ1) is 27.3. The number of hydrogen-bond acceptors (Lipinski definition) is 9. The van der Waals surface area contributed by atoms with Crippen LogP contribution in [-0.2, 0) is 4.74 Å². The van der Waals surface area contributed by atoms with E-state index in [1.807, 2.05) is 4.90 Å². The SMILES string of the molecule is C[C@H]1CC2(CCN(c3ncc(Sc4cccc(NC(=O)c5c(O)nc6ccccn6c5=O)c4Cl)[nH]c3=O)CC2)CO1. The van der Waals surface area contributed by atoms with E-state index in [4.69, 9.17) is 16.3 Å². The van der Waals surface area contributed by atoms with Crippen molar-refractivity contribution in [1.82, 2.24) is 19.4 Å². The molecular weight excluding hydrogens is 568 g/mol. The molecule has 0 bridgehead atoms. The van der Waals surface area contributed by atoms with Gasteiger partial charge in [0.25, 0.3) is 17.0 Å². The summed E-state index contributed by atoms with van der Waals surface area (Å²) in [6, 6.07) is 9.79. The van der Waals surface area contributed by atoms with Crippen molar-refractivity contribution in [2.45, 2.75) is 42.2 Å². The fraction of sp³-hybridized carbons (Fsp3) is 0.321. The second kappa shape index (κ2) is 10.8. The third-order valence-electron chi connectivity index (χ3n) is 7.64. The van der Waals surface area contributed by atoms with Gasteiger partial charge in [-0.3, -0.25) is 18.8 Å². The summed E-state index contributed by atoms with van der Waals surface area (Å²) in [5, 5.41) is 13.5. The predicted octanol–water partition coefficient (Wildman–Crippen LogP) is 3.94. The minimum Gasteiger partial charge on any atom is -0.493 e. The van der Waals surface area contributed by atoms with E-state index < -0.39 is 22.9 Å². The summed E-state index contributed by atoms with van der Waals surface area (Å²) in [5.41, 5.74) is -0.886. The topological polar surface area (TPSA) is 142 Å². The van der Waals surface area contributed by atoms with Gasteiger partial charge in [-0.2, -0.15) is 4.98 Å². The van der Waals surface area contributed by atoms with Crippen molar-refractivity contribution in [2.24, 2.45) is 5.41 Å². The first-order valence-corrected chi connectivity index (χ1v) is 14.4. The number of anilines is 2. The summed E-state index contributed by atoms with van der Waals surface area (Å²) < 4.78 is 6.97. The van der Waals surface area contributed by atoms with E-state index >= 15 is 0 Å². The average molecular weight is 595 g/mol. The number of rotatable bonds is 5. The lowest BCUT2D eigenvalue weighted by molar-refractivity contribution is 0.0975. The number of benzene rings is 1. The summed E-state index contributed by atoms with van der Waals surface area (Å²) >= 11 is 7.78. The molecule has 2 saturated heterocycles. The first-order chi connectivity index (χ1) is 19.7. The molecule has 3 aromatic heterocycles. The van der Waals surface area contributed by atoms with Crippen LogP contribution >= 0.6 is 23.4 Å². The number of aromatic nitrogens is 4. The van der Waals surface area contributed by atoms with Crippen LogP contribution in [0.15, 0.2) is 68.3 Å². The van der Waals surface area contributed by atoms with Crippen molar-refractivity contribution in [3.8, 4) is 5.88 Å². The van der Waals surface area contributed by atoms with Gasteiger partial charge in [-0.05, 0) is 55.9 Å². The number of carbonyl (C=O) groups excluding carboxylic acids is 1. The zero-order valence-electron chi connectivity index (χ0n) is 22.1. The van der Waals surface area contributed by atoms with Gasteiger partial charge in [0.15, 0.2) is 11.4 Å². The molecule has 1 atom stereocenters. The molecule has 2 aliphatic rings. The van der Waals surface area contributed by atoms with Crippen molar-refractivity contribution in [1.29, 1.82) is 0 Å². The number of fused-ring (bicyclic) bond motifs is 1. The highest BCUT2D eigenvalue weighted by molar-refractivity contribution is 7.99. The molecule has 3 N–H and O–H groups in total. The van der Waals surface area contributed by atoms with E-state index in [9.17, 15) is 19.5 Å². The standard InChI is InChI=1S/C28H27ClN6O5S/c1-16-13-28(15-40-16)8-11-34(12-9-28)23-26(38)33-20(14-30-23)41-18-6-4-5-17(22(18)29)31-24(36)21-25(37)32-19-7-2-3-10-35(19)27(21)39/h2-7,10,14,16,37H,8-9,11-13,15H2,1H3,(H,31,36)(H,33,38)/t16-/m0/s1. The molecule has 5 heterocycles. The Morgan fingerprint density at radius 2 is 2.02 bits per heavy atom. The van der Waals surface area contributed by atoms with Gasteiger partial charge in [-0.1, -0.05) is 35.5 Å². The summed E-state index contributed by atoms with van der Waals surface area (Å²) in [6.07, 6.45) is 6.30. The maximum atomic E-state index is 13.0. The van der Waals surface area contributed by atoms with Crippen LogP contribution < -0.4 is 21.3 Å². The Bertz CT molecular complexity index is 1770. The van der Waals surface area contributed by atoms with Crippen LogP contribution in [0.5, 0.6) is 5.88 Å². The van der Waals surface area contributed by atoms with Crippen LogP contribution in [0.3, 0.4) is 0 Å². The summed E-state index contributed by atoms with van der Waals surface area (Å²) in [6.45, 7) is 4.38. The maximum Gasteiger partial charge on any atom is 0.291 e. The number of aromatic amines is 1. The smallest absolute Gasteiger partial charge is 0.291 e. The molecule has 6 rings (SSSR count). The third kappa shape index (κ3) is 5.30. The lowest BCUT2D eigenvalue weighted by atomic mass is 9.77. The molecule has 212 valence electrons. The molecule has 4 aromatic rings. The predicted molar refractivity (Wildman–Crippen MR) is 155 cm³/mol. The van der Waals surface area contributed by atoms with Gasteiger partial charge < -0.3 is 25.0 Å². The Morgan fingerprint density at radius 1 is 1.22 bits per heavy atom. The Morgan fingerprint density at radius 3 is 2.76 bits per heavy atom. The number of nitrogens with zero attached hydrogens (tertiary/aromatic N) is 4. The van der Waals surface area contributed by atoms with Gasteiger partial charge in [0, 0.05) is 24.2 Å². The quantitative estimate of drug-likeness (QED) is 0.313. The van der Waals surface area contributed by atoms with E-state index in [1.54, 1.807) is 42.6 Å². The van der Waals surface area contributed by atoms with Gasteiger partial charge in [-0.15, -0.1) is 0 Å². The Balaban J connectivity index is 1.17. The monoisotopic (exact) mass is 594 g/mol. The van der Waals surface area contributed by atoms with Crippen LogP contribution in [0.1, 0.15) is 36.5 Å². The Labute approximate surface area is 243 Å². The minimum absolute atomic E-state index is 0.193. The van der Waals surface area contributed by atoms with Gasteiger partial charge in [0.2, 0.25) is 5.88 Å². The van der Waals surface area contributed by atoms with Crippen LogP contribution in [0.25, 0.3) is 5.65 Å². The second-order valence-electron chi connectivity index (χ2n) is 10.4.